The lowest BCUT2D eigenvalue weighted by Crippen LogP contribution is -2.65. The Labute approximate surface area is 236 Å². The molecule has 3 fully saturated rings. The number of hydrogen-bond acceptors (Lipinski definition) is 7. The van der Waals surface area contributed by atoms with Crippen LogP contribution in [0.15, 0.2) is 48.7 Å². The molecule has 218 valence electrons. The Morgan fingerprint density at radius 2 is 1.98 bits per heavy atom. The molecule has 4 heterocycles. The van der Waals surface area contributed by atoms with Crippen LogP contribution >= 0.6 is 0 Å². The van der Waals surface area contributed by atoms with E-state index in [1.165, 1.54) is 6.07 Å². The molecule has 3 aromatic rings. The zero-order chi connectivity index (χ0) is 28.6. The van der Waals surface area contributed by atoms with E-state index in [-0.39, 0.29) is 17.2 Å². The first-order valence-electron chi connectivity index (χ1n) is 14.0. The van der Waals surface area contributed by atoms with Crippen molar-refractivity contribution >= 4 is 5.69 Å². The first-order valence-corrected chi connectivity index (χ1v) is 14.0. The van der Waals surface area contributed by atoms with Crippen LogP contribution in [0, 0.1) is 11.2 Å². The molecule has 1 atom stereocenters. The molecule has 2 N–H and O–H groups in total. The monoisotopic (exact) mass is 571 g/mol. The molecule has 0 unspecified atom stereocenters. The predicted molar refractivity (Wildman–Crippen MR) is 146 cm³/mol. The number of benzene rings is 1. The summed E-state index contributed by atoms with van der Waals surface area (Å²) in [5.74, 6) is 0.337. The molecule has 11 heteroatoms. The van der Waals surface area contributed by atoms with Crippen molar-refractivity contribution < 1.29 is 27.0 Å². The SMILES string of the molecule is CCOc1ncccc1-c1ccc(OC2CC3(C2)CN(c2ccc(F)cc2C(F)(F)F)C3)c(CN[C@@H]2CCNC2)n1. The topological polar surface area (TPSA) is 71.5 Å². The molecule has 6 rings (SSSR count). The zero-order valence-electron chi connectivity index (χ0n) is 22.8. The van der Waals surface area contributed by atoms with Crippen molar-refractivity contribution in [3.05, 3.63) is 65.7 Å². The first kappa shape index (κ1) is 27.7. The maximum Gasteiger partial charge on any atom is 0.418 e. The van der Waals surface area contributed by atoms with Gasteiger partial charge < -0.3 is 25.0 Å². The summed E-state index contributed by atoms with van der Waals surface area (Å²) in [6.07, 6.45) is -0.449. The summed E-state index contributed by atoms with van der Waals surface area (Å²) in [4.78, 5) is 11.0. The molecule has 2 aromatic heterocycles. The molecule has 0 amide bonds. The van der Waals surface area contributed by atoms with Crippen LogP contribution in [0.4, 0.5) is 23.2 Å². The van der Waals surface area contributed by atoms with Crippen molar-refractivity contribution in [2.24, 2.45) is 5.41 Å². The van der Waals surface area contributed by atoms with Gasteiger partial charge in [-0.3, -0.25) is 0 Å². The second kappa shape index (κ2) is 11.1. The second-order valence-electron chi connectivity index (χ2n) is 11.2. The standard InChI is InChI=1S/C30H33F4N5O2/c1-2-40-28-22(4-3-10-36-28)24-6-8-27(25(38-24)16-37-20-9-11-35-15-20)41-21-13-29(14-21)17-39(18-29)26-7-5-19(31)12-23(26)30(32,33)34/h3-8,10,12,20-21,35,37H,2,9,11,13-18H2,1H3/t20-/m1/s1. The number of pyridine rings is 2. The van der Waals surface area contributed by atoms with Gasteiger partial charge in [-0.15, -0.1) is 0 Å². The molecule has 1 saturated carbocycles. The Balaban J connectivity index is 1.14. The zero-order valence-corrected chi connectivity index (χ0v) is 22.8. The molecule has 2 aliphatic heterocycles. The van der Waals surface area contributed by atoms with Crippen molar-refractivity contribution in [3.8, 4) is 22.9 Å². The molecule has 41 heavy (non-hydrogen) atoms. The summed E-state index contributed by atoms with van der Waals surface area (Å²) in [5.41, 5.74) is 1.35. The van der Waals surface area contributed by atoms with E-state index in [4.69, 9.17) is 14.5 Å². The van der Waals surface area contributed by atoms with Crippen LogP contribution in [-0.4, -0.2) is 54.9 Å². The van der Waals surface area contributed by atoms with Crippen molar-refractivity contribution in [2.75, 3.05) is 37.7 Å². The molecule has 2 saturated heterocycles. The van der Waals surface area contributed by atoms with Crippen LogP contribution in [0.3, 0.4) is 0 Å². The van der Waals surface area contributed by atoms with Crippen LogP contribution < -0.4 is 25.0 Å². The molecule has 1 aliphatic carbocycles. The number of halogens is 4. The highest BCUT2D eigenvalue weighted by atomic mass is 19.4. The Morgan fingerprint density at radius 3 is 2.71 bits per heavy atom. The molecular weight excluding hydrogens is 538 g/mol. The van der Waals surface area contributed by atoms with Gasteiger partial charge in [0, 0.05) is 49.5 Å². The van der Waals surface area contributed by atoms with Gasteiger partial charge in [0.25, 0.3) is 0 Å². The summed E-state index contributed by atoms with van der Waals surface area (Å²) >= 11 is 0. The normalized spacial score (nSPS) is 20.1. The van der Waals surface area contributed by atoms with Crippen molar-refractivity contribution in [1.29, 1.82) is 0 Å². The van der Waals surface area contributed by atoms with Gasteiger partial charge in [-0.1, -0.05) is 0 Å². The number of anilines is 1. The minimum atomic E-state index is -4.61. The third kappa shape index (κ3) is 5.83. The number of ether oxygens (including phenoxy) is 2. The lowest BCUT2D eigenvalue weighted by atomic mass is 9.61. The Morgan fingerprint density at radius 1 is 1.15 bits per heavy atom. The van der Waals surface area contributed by atoms with Crippen molar-refractivity contribution in [1.82, 2.24) is 20.6 Å². The highest BCUT2D eigenvalue weighted by Crippen LogP contribution is 2.52. The summed E-state index contributed by atoms with van der Waals surface area (Å²) < 4.78 is 66.2. The number of hydrogen-bond donors (Lipinski definition) is 2. The van der Waals surface area contributed by atoms with Crippen LogP contribution in [-0.2, 0) is 12.7 Å². The maximum absolute atomic E-state index is 13.5. The number of nitrogens with zero attached hydrogens (tertiary/aromatic N) is 3. The Hall–Kier alpha value is -3.44. The van der Waals surface area contributed by atoms with Gasteiger partial charge >= 0.3 is 6.18 Å². The average Bonchev–Trinajstić information content (AvgIpc) is 3.43. The molecular formula is C30H33F4N5O2. The lowest BCUT2D eigenvalue weighted by Gasteiger charge is -2.59. The van der Waals surface area contributed by atoms with E-state index >= 15 is 0 Å². The van der Waals surface area contributed by atoms with Crippen LogP contribution in [0.5, 0.6) is 11.6 Å². The van der Waals surface area contributed by atoms with E-state index in [2.05, 4.69) is 15.6 Å². The fourth-order valence-electron chi connectivity index (χ4n) is 6.15. The summed E-state index contributed by atoms with van der Waals surface area (Å²) in [7, 11) is 0. The van der Waals surface area contributed by atoms with Gasteiger partial charge in [0.2, 0.25) is 5.88 Å². The highest BCUT2D eigenvalue weighted by Gasteiger charge is 2.54. The van der Waals surface area contributed by atoms with E-state index in [0.29, 0.717) is 50.0 Å². The van der Waals surface area contributed by atoms with E-state index < -0.39 is 17.6 Å². The van der Waals surface area contributed by atoms with Gasteiger partial charge in [0.05, 0.1) is 29.1 Å². The summed E-state index contributed by atoms with van der Waals surface area (Å²) in [5, 5.41) is 6.93. The largest absolute Gasteiger partial charge is 0.488 e. The molecule has 3 aliphatic rings. The quantitative estimate of drug-likeness (QED) is 0.342. The smallest absolute Gasteiger partial charge is 0.418 e. The molecule has 1 aromatic carbocycles. The van der Waals surface area contributed by atoms with Crippen molar-refractivity contribution in [2.45, 2.75) is 51.1 Å². The van der Waals surface area contributed by atoms with E-state index in [0.717, 1.165) is 55.4 Å². The third-order valence-corrected chi connectivity index (χ3v) is 8.15. The van der Waals surface area contributed by atoms with Gasteiger partial charge in [-0.05, 0) is 75.2 Å². The Bertz CT molecular complexity index is 1380. The maximum atomic E-state index is 13.5. The third-order valence-electron chi connectivity index (χ3n) is 8.15. The fourth-order valence-corrected chi connectivity index (χ4v) is 6.15. The van der Waals surface area contributed by atoms with Crippen LogP contribution in [0.25, 0.3) is 11.3 Å². The second-order valence-corrected chi connectivity index (χ2v) is 11.2. The molecule has 1 spiro atoms. The number of alkyl halides is 3. The summed E-state index contributed by atoms with van der Waals surface area (Å²) in [6, 6.07) is 10.9. The van der Waals surface area contributed by atoms with Gasteiger partial charge in [-0.2, -0.15) is 13.2 Å². The minimum Gasteiger partial charge on any atom is -0.488 e. The van der Waals surface area contributed by atoms with E-state index in [1.807, 2.05) is 31.2 Å². The number of nitrogens with one attached hydrogen (secondary N) is 2. The average molecular weight is 572 g/mol. The molecule has 0 bridgehead atoms. The van der Waals surface area contributed by atoms with Gasteiger partial charge in [0.1, 0.15) is 17.7 Å². The molecule has 0 radical (unpaired) electrons. The van der Waals surface area contributed by atoms with E-state index in [1.54, 1.807) is 11.1 Å². The first-order chi connectivity index (χ1) is 19.7. The predicted octanol–water partition coefficient (Wildman–Crippen LogP) is 5.20. The van der Waals surface area contributed by atoms with Crippen LogP contribution in [0.2, 0.25) is 0 Å². The minimum absolute atomic E-state index is 0.0327. The van der Waals surface area contributed by atoms with Gasteiger partial charge in [0.15, 0.2) is 0 Å². The van der Waals surface area contributed by atoms with Crippen molar-refractivity contribution in [3.63, 3.8) is 0 Å². The number of aromatic nitrogens is 2. The fraction of sp³-hybridized carbons (Fsp3) is 0.467. The van der Waals surface area contributed by atoms with Gasteiger partial charge in [-0.25, -0.2) is 14.4 Å². The molecule has 7 nitrogen and oxygen atoms in total. The van der Waals surface area contributed by atoms with E-state index in [9.17, 15) is 17.6 Å². The lowest BCUT2D eigenvalue weighted by molar-refractivity contribution is -0.137. The van der Waals surface area contributed by atoms with Crippen LogP contribution in [0.1, 0.15) is 37.4 Å². The Kier molecular flexibility index (Phi) is 7.50. The highest BCUT2D eigenvalue weighted by molar-refractivity contribution is 5.65. The number of rotatable bonds is 9. The summed E-state index contributed by atoms with van der Waals surface area (Å²) in [6.45, 7) is 5.80.